The lowest BCUT2D eigenvalue weighted by atomic mass is 9.99. The van der Waals surface area contributed by atoms with Gasteiger partial charge in [-0.15, -0.1) is 0 Å². The summed E-state index contributed by atoms with van der Waals surface area (Å²) < 4.78 is 5.18. The van der Waals surface area contributed by atoms with Crippen LogP contribution in [0.5, 0.6) is 0 Å². The third-order valence-electron chi connectivity index (χ3n) is 4.77. The summed E-state index contributed by atoms with van der Waals surface area (Å²) in [6.45, 7) is 5.71. The van der Waals surface area contributed by atoms with Gasteiger partial charge in [0.05, 0.1) is 0 Å². The molecule has 4 heteroatoms. The number of ether oxygens (including phenoxy) is 1. The molecule has 0 bridgehead atoms. The number of carbonyl (C=O) groups excluding carboxylic acids is 1. The van der Waals surface area contributed by atoms with Crippen LogP contribution in [0.4, 0.5) is 0 Å². The Morgan fingerprint density at radius 3 is 2.65 bits per heavy atom. The number of methoxy groups -OCH3 is 1. The van der Waals surface area contributed by atoms with E-state index in [-0.39, 0.29) is 5.91 Å². The SMILES string of the molecule is CCc1ccccc1C(=O)N(CCCOC)C1CCN(C)CC1. The first-order chi connectivity index (χ1) is 11.2. The number of piperidine rings is 1. The highest BCUT2D eigenvalue weighted by atomic mass is 16.5. The molecule has 0 N–H and O–H groups in total. The molecule has 1 saturated heterocycles. The summed E-state index contributed by atoms with van der Waals surface area (Å²) in [6, 6.07) is 8.36. The Hall–Kier alpha value is -1.39. The molecule has 0 aromatic heterocycles. The van der Waals surface area contributed by atoms with Crippen molar-refractivity contribution in [2.75, 3.05) is 40.4 Å². The largest absolute Gasteiger partial charge is 0.385 e. The van der Waals surface area contributed by atoms with Crippen LogP contribution in [-0.2, 0) is 11.2 Å². The molecule has 0 radical (unpaired) electrons. The van der Waals surface area contributed by atoms with E-state index in [1.165, 1.54) is 0 Å². The Labute approximate surface area is 140 Å². The van der Waals surface area contributed by atoms with Gasteiger partial charge in [-0.25, -0.2) is 0 Å². The maximum Gasteiger partial charge on any atom is 0.254 e. The van der Waals surface area contributed by atoms with Crippen LogP contribution in [0.15, 0.2) is 24.3 Å². The molecule has 128 valence electrons. The van der Waals surface area contributed by atoms with Crippen molar-refractivity contribution in [2.24, 2.45) is 0 Å². The molecular weight excluding hydrogens is 288 g/mol. The summed E-state index contributed by atoms with van der Waals surface area (Å²) in [5.41, 5.74) is 2.01. The number of nitrogens with zero attached hydrogens (tertiary/aromatic N) is 2. The zero-order valence-electron chi connectivity index (χ0n) is 14.8. The van der Waals surface area contributed by atoms with Crippen LogP contribution in [-0.4, -0.2) is 62.1 Å². The predicted molar refractivity (Wildman–Crippen MR) is 93.9 cm³/mol. The van der Waals surface area contributed by atoms with Gasteiger partial charge >= 0.3 is 0 Å². The highest BCUT2D eigenvalue weighted by molar-refractivity contribution is 5.96. The Balaban J connectivity index is 2.16. The number of likely N-dealkylation sites (tertiary alicyclic amines) is 1. The summed E-state index contributed by atoms with van der Waals surface area (Å²) in [7, 11) is 3.87. The molecule has 23 heavy (non-hydrogen) atoms. The van der Waals surface area contributed by atoms with Crippen LogP contribution in [0.2, 0.25) is 0 Å². The van der Waals surface area contributed by atoms with Gasteiger partial charge in [0.15, 0.2) is 0 Å². The number of benzene rings is 1. The summed E-state index contributed by atoms with van der Waals surface area (Å²) in [5.74, 6) is 0.188. The third kappa shape index (κ3) is 4.79. The van der Waals surface area contributed by atoms with Gasteiger partial charge in [0.2, 0.25) is 0 Å². The minimum Gasteiger partial charge on any atom is -0.385 e. The van der Waals surface area contributed by atoms with Crippen molar-refractivity contribution >= 4 is 5.91 Å². The number of amides is 1. The fraction of sp³-hybridized carbons (Fsp3) is 0.632. The van der Waals surface area contributed by atoms with E-state index in [1.807, 2.05) is 18.2 Å². The number of aryl methyl sites for hydroxylation is 1. The van der Waals surface area contributed by atoms with Gasteiger partial charge in [0.25, 0.3) is 5.91 Å². The van der Waals surface area contributed by atoms with Crippen LogP contribution in [0.1, 0.15) is 42.1 Å². The maximum absolute atomic E-state index is 13.2. The lowest BCUT2D eigenvalue weighted by Gasteiger charge is -2.37. The second kappa shape index (κ2) is 9.04. The molecule has 1 heterocycles. The molecule has 1 aliphatic rings. The quantitative estimate of drug-likeness (QED) is 0.725. The molecule has 1 fully saturated rings. The van der Waals surface area contributed by atoms with E-state index < -0.39 is 0 Å². The molecule has 0 unspecified atom stereocenters. The molecule has 1 aliphatic heterocycles. The molecule has 2 rings (SSSR count). The number of carbonyl (C=O) groups is 1. The highest BCUT2D eigenvalue weighted by Gasteiger charge is 2.28. The van der Waals surface area contributed by atoms with Gasteiger partial charge in [-0.1, -0.05) is 25.1 Å². The number of hydrogen-bond acceptors (Lipinski definition) is 3. The molecule has 1 aromatic rings. The topological polar surface area (TPSA) is 32.8 Å². The second-order valence-corrected chi connectivity index (χ2v) is 6.39. The van der Waals surface area contributed by atoms with E-state index in [0.29, 0.717) is 12.6 Å². The first-order valence-corrected chi connectivity index (χ1v) is 8.73. The summed E-state index contributed by atoms with van der Waals surface area (Å²) in [5, 5.41) is 0. The molecule has 1 amide bonds. The molecule has 0 saturated carbocycles. The maximum atomic E-state index is 13.2. The Kier molecular flexibility index (Phi) is 7.06. The highest BCUT2D eigenvalue weighted by Crippen LogP contribution is 2.21. The van der Waals surface area contributed by atoms with Crippen molar-refractivity contribution in [1.82, 2.24) is 9.80 Å². The fourth-order valence-electron chi connectivity index (χ4n) is 3.33. The third-order valence-corrected chi connectivity index (χ3v) is 4.77. The van der Waals surface area contributed by atoms with E-state index in [9.17, 15) is 4.79 Å². The van der Waals surface area contributed by atoms with Crippen molar-refractivity contribution in [3.05, 3.63) is 35.4 Å². The van der Waals surface area contributed by atoms with Gasteiger partial charge < -0.3 is 14.5 Å². The minimum atomic E-state index is 0.188. The van der Waals surface area contributed by atoms with E-state index >= 15 is 0 Å². The molecule has 4 nitrogen and oxygen atoms in total. The Bertz CT molecular complexity index is 496. The van der Waals surface area contributed by atoms with Crippen LogP contribution >= 0.6 is 0 Å². The average Bonchev–Trinajstić information content (AvgIpc) is 2.59. The Morgan fingerprint density at radius 1 is 1.30 bits per heavy atom. The van der Waals surface area contributed by atoms with Crippen LogP contribution < -0.4 is 0 Å². The van der Waals surface area contributed by atoms with Crippen molar-refractivity contribution in [2.45, 2.75) is 38.6 Å². The number of rotatable bonds is 7. The summed E-state index contributed by atoms with van der Waals surface area (Å²) in [4.78, 5) is 17.6. The normalized spacial score (nSPS) is 16.5. The molecule has 0 spiro atoms. The molecule has 0 atom stereocenters. The van der Waals surface area contributed by atoms with Crippen molar-refractivity contribution < 1.29 is 9.53 Å². The first kappa shape index (κ1) is 18.0. The fourth-order valence-corrected chi connectivity index (χ4v) is 3.33. The van der Waals surface area contributed by atoms with Crippen molar-refractivity contribution in [1.29, 1.82) is 0 Å². The zero-order valence-corrected chi connectivity index (χ0v) is 14.8. The minimum absolute atomic E-state index is 0.188. The van der Waals surface area contributed by atoms with E-state index in [1.54, 1.807) is 7.11 Å². The lowest BCUT2D eigenvalue weighted by Crippen LogP contribution is -2.47. The van der Waals surface area contributed by atoms with Gasteiger partial charge in [0, 0.05) is 31.9 Å². The molecular formula is C19H30N2O2. The molecule has 1 aromatic carbocycles. The van der Waals surface area contributed by atoms with Crippen molar-refractivity contribution in [3.63, 3.8) is 0 Å². The smallest absolute Gasteiger partial charge is 0.254 e. The van der Waals surface area contributed by atoms with E-state index in [2.05, 4.69) is 29.8 Å². The van der Waals surface area contributed by atoms with Crippen LogP contribution in [0.3, 0.4) is 0 Å². The first-order valence-electron chi connectivity index (χ1n) is 8.73. The lowest BCUT2D eigenvalue weighted by molar-refractivity contribution is 0.0563. The van der Waals surface area contributed by atoms with E-state index in [0.717, 1.165) is 56.4 Å². The average molecular weight is 318 g/mol. The summed E-state index contributed by atoms with van der Waals surface area (Å²) in [6.07, 6.45) is 3.90. The van der Waals surface area contributed by atoms with E-state index in [4.69, 9.17) is 4.74 Å². The van der Waals surface area contributed by atoms with Gasteiger partial charge in [0.1, 0.15) is 0 Å². The number of hydrogen-bond donors (Lipinski definition) is 0. The van der Waals surface area contributed by atoms with Crippen molar-refractivity contribution in [3.8, 4) is 0 Å². The van der Waals surface area contributed by atoms with Crippen LogP contribution in [0.25, 0.3) is 0 Å². The van der Waals surface area contributed by atoms with Crippen LogP contribution in [0, 0.1) is 0 Å². The Morgan fingerprint density at radius 2 is 2.00 bits per heavy atom. The summed E-state index contributed by atoms with van der Waals surface area (Å²) >= 11 is 0. The standard InChI is InChI=1S/C19H30N2O2/c1-4-16-8-5-6-9-18(16)19(22)21(12-7-15-23-3)17-10-13-20(2)14-11-17/h5-6,8-9,17H,4,7,10-15H2,1-3H3. The van der Waals surface area contributed by atoms with Gasteiger partial charge in [-0.3, -0.25) is 4.79 Å². The second-order valence-electron chi connectivity index (χ2n) is 6.39. The van der Waals surface area contributed by atoms with Gasteiger partial charge in [-0.05, 0) is 57.5 Å². The predicted octanol–water partition coefficient (Wildman–Crippen LogP) is 2.82. The molecule has 0 aliphatic carbocycles. The monoisotopic (exact) mass is 318 g/mol. The van der Waals surface area contributed by atoms with Gasteiger partial charge in [-0.2, -0.15) is 0 Å². The zero-order chi connectivity index (χ0) is 16.7.